The van der Waals surface area contributed by atoms with Crippen LogP contribution in [0.3, 0.4) is 0 Å². The first-order valence-corrected chi connectivity index (χ1v) is 7.77. The van der Waals surface area contributed by atoms with E-state index in [9.17, 15) is 10.1 Å². The minimum Gasteiger partial charge on any atom is -0.324 e. The maximum atomic E-state index is 11.0. The average molecular weight is 302 g/mol. The molecule has 1 unspecified atom stereocenters. The molecule has 0 aliphatic heterocycles. The summed E-state index contributed by atoms with van der Waals surface area (Å²) < 4.78 is 0. The molecule has 0 spiro atoms. The van der Waals surface area contributed by atoms with Gasteiger partial charge in [0.1, 0.15) is 0 Å². The predicted octanol–water partition coefficient (Wildman–Crippen LogP) is 3.95. The van der Waals surface area contributed by atoms with E-state index < -0.39 is 0 Å². The Bertz CT molecular complexity index is 629. The summed E-state index contributed by atoms with van der Waals surface area (Å²) in [6.45, 7) is 1.96. The second-order valence-electron chi connectivity index (χ2n) is 4.85. The van der Waals surface area contributed by atoms with Crippen molar-refractivity contribution in [1.29, 1.82) is 0 Å². The van der Waals surface area contributed by atoms with Gasteiger partial charge in [-0.05, 0) is 31.0 Å². The molecular weight excluding hydrogens is 284 g/mol. The zero-order chi connectivity index (χ0) is 15.2. The highest BCUT2D eigenvalue weighted by Crippen LogP contribution is 2.25. The van der Waals surface area contributed by atoms with Gasteiger partial charge in [0.05, 0.1) is 4.92 Å². The largest absolute Gasteiger partial charge is 0.324 e. The standard InChI is InChI=1S/C16H18N2O2S/c1-12(17)14-6-4-7-15(11-14)21-10-9-13-5-2-3-8-16(13)18(19)20/h2-8,11-12H,9-10,17H2,1H3. The van der Waals surface area contributed by atoms with Gasteiger partial charge in [-0.15, -0.1) is 11.8 Å². The van der Waals surface area contributed by atoms with Crippen molar-refractivity contribution in [2.24, 2.45) is 5.73 Å². The van der Waals surface area contributed by atoms with Crippen LogP contribution < -0.4 is 5.73 Å². The van der Waals surface area contributed by atoms with Crippen molar-refractivity contribution in [3.05, 3.63) is 69.8 Å². The second kappa shape index (κ2) is 7.24. The summed E-state index contributed by atoms with van der Waals surface area (Å²) >= 11 is 1.69. The SMILES string of the molecule is CC(N)c1cccc(SCCc2ccccc2[N+](=O)[O-])c1. The van der Waals surface area contributed by atoms with Gasteiger partial charge >= 0.3 is 0 Å². The fourth-order valence-corrected chi connectivity index (χ4v) is 3.02. The monoisotopic (exact) mass is 302 g/mol. The summed E-state index contributed by atoms with van der Waals surface area (Å²) in [5.41, 5.74) is 7.95. The van der Waals surface area contributed by atoms with Crippen LogP contribution in [0.2, 0.25) is 0 Å². The third-order valence-corrected chi connectivity index (χ3v) is 4.21. The number of para-hydroxylation sites is 1. The van der Waals surface area contributed by atoms with E-state index in [0.29, 0.717) is 6.42 Å². The Morgan fingerprint density at radius 1 is 1.24 bits per heavy atom. The van der Waals surface area contributed by atoms with Gasteiger partial charge in [-0.1, -0.05) is 30.3 Å². The van der Waals surface area contributed by atoms with Crippen LogP contribution in [-0.4, -0.2) is 10.7 Å². The number of nitrogens with two attached hydrogens (primary N) is 1. The molecule has 2 N–H and O–H groups in total. The zero-order valence-corrected chi connectivity index (χ0v) is 12.7. The lowest BCUT2D eigenvalue weighted by Gasteiger charge is -2.08. The Morgan fingerprint density at radius 2 is 2.00 bits per heavy atom. The van der Waals surface area contributed by atoms with Crippen molar-refractivity contribution in [3.8, 4) is 0 Å². The van der Waals surface area contributed by atoms with Crippen LogP contribution in [0.5, 0.6) is 0 Å². The van der Waals surface area contributed by atoms with Crippen LogP contribution in [0.25, 0.3) is 0 Å². The number of nitro benzene ring substituents is 1. The molecule has 2 rings (SSSR count). The Balaban J connectivity index is 1.99. The third kappa shape index (κ3) is 4.31. The van der Waals surface area contributed by atoms with E-state index in [-0.39, 0.29) is 16.7 Å². The van der Waals surface area contributed by atoms with Gasteiger partial charge in [-0.25, -0.2) is 0 Å². The van der Waals surface area contributed by atoms with E-state index in [1.165, 1.54) is 0 Å². The molecule has 1 atom stereocenters. The normalized spacial score (nSPS) is 12.1. The van der Waals surface area contributed by atoms with E-state index in [4.69, 9.17) is 5.73 Å². The summed E-state index contributed by atoms with van der Waals surface area (Å²) in [5.74, 6) is 0.799. The van der Waals surface area contributed by atoms with Crippen molar-refractivity contribution < 1.29 is 4.92 Å². The molecule has 5 heteroatoms. The van der Waals surface area contributed by atoms with Crippen molar-refractivity contribution >= 4 is 17.4 Å². The molecular formula is C16H18N2O2S. The first kappa shape index (κ1) is 15.5. The van der Waals surface area contributed by atoms with Crippen molar-refractivity contribution in [2.45, 2.75) is 24.3 Å². The number of benzene rings is 2. The fourth-order valence-electron chi connectivity index (χ4n) is 2.07. The number of hydrogen-bond donors (Lipinski definition) is 1. The molecule has 0 aromatic heterocycles. The molecule has 2 aromatic carbocycles. The van der Waals surface area contributed by atoms with Crippen LogP contribution >= 0.6 is 11.8 Å². The molecule has 0 saturated carbocycles. The fraction of sp³-hybridized carbons (Fsp3) is 0.250. The van der Waals surface area contributed by atoms with Gasteiger partial charge < -0.3 is 5.73 Å². The molecule has 21 heavy (non-hydrogen) atoms. The Morgan fingerprint density at radius 3 is 2.71 bits per heavy atom. The van der Waals surface area contributed by atoms with Crippen molar-refractivity contribution in [1.82, 2.24) is 0 Å². The molecule has 0 aliphatic carbocycles. The van der Waals surface area contributed by atoms with Crippen LogP contribution in [0, 0.1) is 10.1 Å². The van der Waals surface area contributed by atoms with Crippen molar-refractivity contribution in [3.63, 3.8) is 0 Å². The van der Waals surface area contributed by atoms with Crippen LogP contribution in [-0.2, 0) is 6.42 Å². The Kier molecular flexibility index (Phi) is 5.36. The van der Waals surface area contributed by atoms with E-state index >= 15 is 0 Å². The maximum Gasteiger partial charge on any atom is 0.272 e. The third-order valence-electron chi connectivity index (χ3n) is 3.21. The smallest absolute Gasteiger partial charge is 0.272 e. The molecule has 0 fully saturated rings. The maximum absolute atomic E-state index is 11.0. The van der Waals surface area contributed by atoms with Crippen LogP contribution in [0.1, 0.15) is 24.1 Å². The van der Waals surface area contributed by atoms with E-state index in [1.54, 1.807) is 23.9 Å². The lowest BCUT2D eigenvalue weighted by atomic mass is 10.1. The highest BCUT2D eigenvalue weighted by atomic mass is 32.2. The average Bonchev–Trinajstić information content (AvgIpc) is 2.48. The molecule has 0 aliphatic rings. The highest BCUT2D eigenvalue weighted by molar-refractivity contribution is 7.99. The van der Waals surface area contributed by atoms with E-state index in [1.807, 2.05) is 37.3 Å². The number of nitro groups is 1. The van der Waals surface area contributed by atoms with Gasteiger partial charge in [-0.2, -0.15) is 0 Å². The van der Waals surface area contributed by atoms with Crippen molar-refractivity contribution in [2.75, 3.05) is 5.75 Å². The summed E-state index contributed by atoms with van der Waals surface area (Å²) in [6, 6.07) is 15.0. The number of aryl methyl sites for hydroxylation is 1. The topological polar surface area (TPSA) is 69.2 Å². The Labute approximate surface area is 128 Å². The van der Waals surface area contributed by atoms with Gasteiger partial charge in [0.15, 0.2) is 0 Å². The van der Waals surface area contributed by atoms with Gasteiger partial charge in [0.2, 0.25) is 0 Å². The molecule has 2 aromatic rings. The first-order valence-electron chi connectivity index (χ1n) is 6.78. The molecule has 0 amide bonds. The summed E-state index contributed by atoms with van der Waals surface area (Å²) in [7, 11) is 0. The van der Waals surface area contributed by atoms with E-state index in [0.717, 1.165) is 21.8 Å². The number of thioether (sulfide) groups is 1. The lowest BCUT2D eigenvalue weighted by Crippen LogP contribution is -2.04. The van der Waals surface area contributed by atoms with E-state index in [2.05, 4.69) is 6.07 Å². The molecule has 0 heterocycles. The van der Waals surface area contributed by atoms with Gasteiger partial charge in [-0.3, -0.25) is 10.1 Å². The number of hydrogen-bond acceptors (Lipinski definition) is 4. The zero-order valence-electron chi connectivity index (χ0n) is 11.9. The molecule has 110 valence electrons. The summed E-state index contributed by atoms with van der Waals surface area (Å²) in [6.07, 6.45) is 0.671. The Hall–Kier alpha value is -1.85. The summed E-state index contributed by atoms with van der Waals surface area (Å²) in [4.78, 5) is 11.8. The van der Waals surface area contributed by atoms with Gasteiger partial charge in [0.25, 0.3) is 5.69 Å². The molecule has 0 radical (unpaired) electrons. The molecule has 0 bridgehead atoms. The van der Waals surface area contributed by atoms with Crippen LogP contribution in [0.15, 0.2) is 53.4 Å². The highest BCUT2D eigenvalue weighted by Gasteiger charge is 2.11. The van der Waals surface area contributed by atoms with Gasteiger partial charge in [0, 0.05) is 28.3 Å². The molecule has 4 nitrogen and oxygen atoms in total. The first-order chi connectivity index (χ1) is 10.1. The number of nitrogens with zero attached hydrogens (tertiary/aromatic N) is 1. The molecule has 0 saturated heterocycles. The quantitative estimate of drug-likeness (QED) is 0.498. The lowest BCUT2D eigenvalue weighted by molar-refractivity contribution is -0.385. The minimum atomic E-state index is -0.323. The minimum absolute atomic E-state index is 0.0146. The number of rotatable bonds is 6. The summed E-state index contributed by atoms with van der Waals surface area (Å²) in [5, 5.41) is 11.0. The van der Waals surface area contributed by atoms with Crippen LogP contribution in [0.4, 0.5) is 5.69 Å². The predicted molar refractivity (Wildman–Crippen MR) is 86.6 cm³/mol. The second-order valence-corrected chi connectivity index (χ2v) is 6.01.